The van der Waals surface area contributed by atoms with Crippen molar-refractivity contribution >= 4 is 15.9 Å². The molecule has 0 bridgehead atoms. The third kappa shape index (κ3) is 2.86. The molecule has 1 aromatic carbocycles. The molecule has 0 aromatic heterocycles. The minimum Gasteiger partial charge on any atom is -0.307 e. The number of nitrogens with one attached hydrogen (secondary N) is 1. The average molecular weight is 282 g/mol. The van der Waals surface area contributed by atoms with Crippen molar-refractivity contribution in [2.75, 3.05) is 0 Å². The Balaban J connectivity index is 1.93. The van der Waals surface area contributed by atoms with Crippen molar-refractivity contribution in [1.82, 2.24) is 5.32 Å². The molecule has 1 fully saturated rings. The van der Waals surface area contributed by atoms with E-state index in [2.05, 4.69) is 59.4 Å². The van der Waals surface area contributed by atoms with Crippen LogP contribution in [0.15, 0.2) is 28.7 Å². The molecule has 2 rings (SSSR count). The highest BCUT2D eigenvalue weighted by Gasteiger charge is 2.24. The van der Waals surface area contributed by atoms with Gasteiger partial charge in [0.2, 0.25) is 0 Å². The fraction of sp³-hybridized carbons (Fsp3) is 0.571. The Morgan fingerprint density at radius 3 is 2.62 bits per heavy atom. The molecule has 1 aliphatic carbocycles. The molecule has 2 heteroatoms. The Kier molecular flexibility index (Phi) is 4.04. The fourth-order valence-corrected chi connectivity index (χ4v) is 2.76. The summed E-state index contributed by atoms with van der Waals surface area (Å²) in [4.78, 5) is 0. The third-order valence-corrected chi connectivity index (χ3v) is 4.21. The zero-order chi connectivity index (χ0) is 11.5. The van der Waals surface area contributed by atoms with E-state index in [1.165, 1.54) is 24.8 Å². The summed E-state index contributed by atoms with van der Waals surface area (Å²) in [6.45, 7) is 4.56. The molecule has 0 amide bonds. The first-order valence-corrected chi connectivity index (χ1v) is 6.97. The lowest BCUT2D eigenvalue weighted by Gasteiger charge is -2.34. The molecule has 16 heavy (non-hydrogen) atoms. The highest BCUT2D eigenvalue weighted by Crippen LogP contribution is 2.30. The van der Waals surface area contributed by atoms with E-state index in [-0.39, 0.29) is 0 Å². The Labute approximate surface area is 107 Å². The van der Waals surface area contributed by atoms with Crippen LogP contribution in [0.4, 0.5) is 0 Å². The highest BCUT2D eigenvalue weighted by atomic mass is 79.9. The van der Waals surface area contributed by atoms with Crippen molar-refractivity contribution in [3.05, 3.63) is 34.3 Å². The summed E-state index contributed by atoms with van der Waals surface area (Å²) in [5.74, 6) is 0.898. The van der Waals surface area contributed by atoms with E-state index in [4.69, 9.17) is 0 Å². The van der Waals surface area contributed by atoms with E-state index in [0.29, 0.717) is 12.1 Å². The van der Waals surface area contributed by atoms with Crippen LogP contribution in [0.5, 0.6) is 0 Å². The van der Waals surface area contributed by atoms with Crippen molar-refractivity contribution in [1.29, 1.82) is 0 Å². The molecular weight excluding hydrogens is 262 g/mol. The van der Waals surface area contributed by atoms with Crippen LogP contribution in [0.25, 0.3) is 0 Å². The van der Waals surface area contributed by atoms with E-state index in [1.807, 2.05) is 0 Å². The highest BCUT2D eigenvalue weighted by molar-refractivity contribution is 9.10. The maximum absolute atomic E-state index is 3.70. The number of hydrogen-bond acceptors (Lipinski definition) is 1. The van der Waals surface area contributed by atoms with Crippen molar-refractivity contribution < 1.29 is 0 Å². The Morgan fingerprint density at radius 1 is 1.31 bits per heavy atom. The smallest absolute Gasteiger partial charge is 0.0294 e. The normalized spacial score (nSPS) is 20.2. The topological polar surface area (TPSA) is 12.0 Å². The largest absolute Gasteiger partial charge is 0.307 e. The van der Waals surface area contributed by atoms with Crippen molar-refractivity contribution in [3.8, 4) is 0 Å². The summed E-state index contributed by atoms with van der Waals surface area (Å²) in [5, 5.41) is 3.70. The van der Waals surface area contributed by atoms with Crippen LogP contribution in [0.3, 0.4) is 0 Å². The Morgan fingerprint density at radius 2 is 2.06 bits per heavy atom. The summed E-state index contributed by atoms with van der Waals surface area (Å²) in [5.41, 5.74) is 1.36. The summed E-state index contributed by atoms with van der Waals surface area (Å²) in [6, 6.07) is 9.65. The average Bonchev–Trinajstić information content (AvgIpc) is 2.14. The zero-order valence-corrected chi connectivity index (χ0v) is 11.6. The number of benzene rings is 1. The quantitative estimate of drug-likeness (QED) is 0.868. The van der Waals surface area contributed by atoms with E-state index in [1.54, 1.807) is 0 Å². The summed E-state index contributed by atoms with van der Waals surface area (Å²) < 4.78 is 1.16. The SMILES string of the molecule is CC(NC(C)C1CCC1)c1cccc(Br)c1. The van der Waals surface area contributed by atoms with Crippen LogP contribution in [0, 0.1) is 5.92 Å². The molecule has 1 N–H and O–H groups in total. The standard InChI is InChI=1S/C14H20BrN/c1-10(12-5-3-6-12)16-11(2)13-7-4-8-14(15)9-13/h4,7-12,16H,3,5-6H2,1-2H3. The maximum atomic E-state index is 3.70. The first-order chi connectivity index (χ1) is 7.66. The number of hydrogen-bond donors (Lipinski definition) is 1. The summed E-state index contributed by atoms with van der Waals surface area (Å²) in [6.07, 6.45) is 4.22. The van der Waals surface area contributed by atoms with Gasteiger partial charge < -0.3 is 5.32 Å². The van der Waals surface area contributed by atoms with Crippen LogP contribution < -0.4 is 5.32 Å². The predicted molar refractivity (Wildman–Crippen MR) is 72.5 cm³/mol. The molecule has 0 radical (unpaired) electrons. The lowest BCUT2D eigenvalue weighted by molar-refractivity contribution is 0.230. The van der Waals surface area contributed by atoms with Gasteiger partial charge >= 0.3 is 0 Å². The van der Waals surface area contributed by atoms with Gasteiger partial charge in [-0.25, -0.2) is 0 Å². The van der Waals surface area contributed by atoms with Crippen LogP contribution in [0.2, 0.25) is 0 Å². The second-order valence-corrected chi connectivity index (χ2v) is 5.84. The van der Waals surface area contributed by atoms with Gasteiger partial charge in [-0.05, 0) is 50.3 Å². The van der Waals surface area contributed by atoms with Gasteiger partial charge in [-0.3, -0.25) is 0 Å². The monoisotopic (exact) mass is 281 g/mol. The summed E-state index contributed by atoms with van der Waals surface area (Å²) >= 11 is 3.52. The van der Waals surface area contributed by atoms with Crippen LogP contribution in [-0.2, 0) is 0 Å². The van der Waals surface area contributed by atoms with Gasteiger partial charge in [-0.15, -0.1) is 0 Å². The Bertz CT molecular complexity index is 346. The van der Waals surface area contributed by atoms with E-state index in [9.17, 15) is 0 Å². The van der Waals surface area contributed by atoms with Gasteiger partial charge in [0.1, 0.15) is 0 Å². The molecular formula is C14H20BrN. The first kappa shape index (κ1) is 12.1. The molecule has 2 atom stereocenters. The fourth-order valence-electron chi connectivity index (χ4n) is 2.34. The minimum atomic E-state index is 0.438. The van der Waals surface area contributed by atoms with Gasteiger partial charge in [0.25, 0.3) is 0 Å². The lowest BCUT2D eigenvalue weighted by atomic mass is 9.80. The van der Waals surface area contributed by atoms with Gasteiger partial charge in [-0.1, -0.05) is 34.5 Å². The molecule has 1 saturated carbocycles. The Hall–Kier alpha value is -0.340. The molecule has 0 saturated heterocycles. The molecule has 1 nitrogen and oxygen atoms in total. The third-order valence-electron chi connectivity index (χ3n) is 3.72. The minimum absolute atomic E-state index is 0.438. The van der Waals surface area contributed by atoms with E-state index >= 15 is 0 Å². The first-order valence-electron chi connectivity index (χ1n) is 6.18. The molecule has 2 unspecified atom stereocenters. The number of rotatable bonds is 4. The van der Waals surface area contributed by atoms with Gasteiger partial charge in [0, 0.05) is 16.6 Å². The van der Waals surface area contributed by atoms with Crippen LogP contribution >= 0.6 is 15.9 Å². The maximum Gasteiger partial charge on any atom is 0.0294 e. The second kappa shape index (κ2) is 5.33. The molecule has 1 aromatic rings. The van der Waals surface area contributed by atoms with Crippen molar-refractivity contribution in [2.24, 2.45) is 5.92 Å². The van der Waals surface area contributed by atoms with Gasteiger partial charge in [-0.2, -0.15) is 0 Å². The lowest BCUT2D eigenvalue weighted by Crippen LogP contribution is -2.38. The van der Waals surface area contributed by atoms with Gasteiger partial charge in [0.15, 0.2) is 0 Å². The second-order valence-electron chi connectivity index (χ2n) is 4.92. The van der Waals surface area contributed by atoms with Gasteiger partial charge in [0.05, 0.1) is 0 Å². The van der Waals surface area contributed by atoms with Crippen molar-refractivity contribution in [2.45, 2.75) is 45.2 Å². The zero-order valence-electron chi connectivity index (χ0n) is 10.0. The summed E-state index contributed by atoms with van der Waals surface area (Å²) in [7, 11) is 0. The molecule has 88 valence electrons. The predicted octanol–water partition coefficient (Wildman–Crippen LogP) is 4.29. The molecule has 1 aliphatic rings. The van der Waals surface area contributed by atoms with Crippen LogP contribution in [0.1, 0.15) is 44.7 Å². The molecule has 0 spiro atoms. The van der Waals surface area contributed by atoms with E-state index < -0.39 is 0 Å². The van der Waals surface area contributed by atoms with E-state index in [0.717, 1.165) is 10.4 Å². The molecule has 0 heterocycles. The molecule has 0 aliphatic heterocycles. The van der Waals surface area contributed by atoms with Crippen molar-refractivity contribution in [3.63, 3.8) is 0 Å². The van der Waals surface area contributed by atoms with Crippen LogP contribution in [-0.4, -0.2) is 6.04 Å². The number of halogens is 1.